The zero-order valence-corrected chi connectivity index (χ0v) is 32.0. The summed E-state index contributed by atoms with van der Waals surface area (Å²) >= 11 is 0. The highest BCUT2D eigenvalue weighted by Gasteiger charge is 2.34. The Kier molecular flexibility index (Phi) is 15.0. The third kappa shape index (κ3) is 10.2. The largest absolute Gasteiger partial charge is 0.493 e. The Balaban J connectivity index is 1.72. The summed E-state index contributed by atoms with van der Waals surface area (Å²) < 4.78 is 65.3. The minimum absolute atomic E-state index is 0.00570. The van der Waals surface area contributed by atoms with Gasteiger partial charge in [-0.1, -0.05) is 0 Å². The molecule has 0 aliphatic heterocycles. The second-order valence-electron chi connectivity index (χ2n) is 11.4. The van der Waals surface area contributed by atoms with Crippen molar-refractivity contribution in [2.45, 2.75) is 12.2 Å². The van der Waals surface area contributed by atoms with Gasteiger partial charge in [-0.05, 0) is 72.8 Å². The minimum Gasteiger partial charge on any atom is -0.493 e. The molecule has 0 heterocycles. The van der Waals surface area contributed by atoms with Gasteiger partial charge in [-0.3, -0.25) is 0 Å². The molecule has 4 aromatic carbocycles. The predicted molar refractivity (Wildman–Crippen MR) is 197 cm³/mol. The third-order valence-electron chi connectivity index (χ3n) is 8.17. The molecule has 0 aliphatic carbocycles. The molecule has 0 N–H and O–H groups in total. The van der Waals surface area contributed by atoms with Crippen LogP contribution in [0.5, 0.6) is 46.0 Å². The predicted octanol–water partition coefficient (Wildman–Crippen LogP) is 5.22. The smallest absolute Gasteiger partial charge is 0.338 e. The molecule has 0 spiro atoms. The van der Waals surface area contributed by atoms with E-state index < -0.39 is 49.3 Å². The number of carbonyl (C=O) groups excluding carboxylic acids is 4. The monoisotopic (exact) mass is 778 g/mol. The summed E-state index contributed by atoms with van der Waals surface area (Å²) in [5.74, 6) is -1.22. The van der Waals surface area contributed by atoms with E-state index in [-0.39, 0.29) is 45.3 Å². The van der Waals surface area contributed by atoms with Crippen LogP contribution < -0.4 is 37.9 Å². The highest BCUT2D eigenvalue weighted by molar-refractivity contribution is 5.93. The summed E-state index contributed by atoms with van der Waals surface area (Å²) in [5, 5.41) is 0. The van der Waals surface area contributed by atoms with Crippen molar-refractivity contribution in [1.29, 1.82) is 0 Å². The van der Waals surface area contributed by atoms with Crippen molar-refractivity contribution in [1.82, 2.24) is 0 Å². The SMILES string of the molecule is COc1ccc(C(=O)OCC(OC(=O)c2ccc(OC)c(OC)c2)C(COC(=O)c2ccc(OC)c(OC)c2)OC(=O)c2ccc(OC)c(OC)c2)cc1OC. The Hall–Kier alpha value is -6.84. The second-order valence-corrected chi connectivity index (χ2v) is 11.4. The lowest BCUT2D eigenvalue weighted by atomic mass is 10.1. The molecule has 4 aromatic rings. The van der Waals surface area contributed by atoms with Crippen molar-refractivity contribution in [3.05, 3.63) is 95.1 Å². The molecule has 0 aliphatic rings. The average Bonchev–Trinajstić information content (AvgIpc) is 3.24. The van der Waals surface area contributed by atoms with Crippen LogP contribution in [0.25, 0.3) is 0 Å². The fraction of sp³-hybridized carbons (Fsp3) is 0.300. The standard InChI is InChI=1S/C40H42O16/c1-45-27-13-9-23(17-31(27)49-5)37(41)53-21-35(55-39(43)25-11-15-29(47-3)33(19-25)51-7)36(56-40(44)26-12-16-30(48-4)34(20-26)52-8)22-54-38(42)24-10-14-28(46-2)32(18-24)50-6/h9-20,35-36H,21-22H2,1-8H3. The summed E-state index contributed by atoms with van der Waals surface area (Å²) in [6.45, 7) is -1.35. The van der Waals surface area contributed by atoms with E-state index in [4.69, 9.17) is 56.8 Å². The molecule has 4 rings (SSSR count). The lowest BCUT2D eigenvalue weighted by Crippen LogP contribution is -2.42. The molecule has 0 amide bonds. The molecule has 298 valence electrons. The molecule has 2 unspecified atom stereocenters. The van der Waals surface area contributed by atoms with E-state index in [1.165, 1.54) is 130 Å². The van der Waals surface area contributed by atoms with Gasteiger partial charge in [0.1, 0.15) is 13.2 Å². The number of esters is 4. The Labute approximate surface area is 322 Å². The molecule has 2 atom stereocenters. The molecule has 0 saturated heterocycles. The first-order valence-electron chi connectivity index (χ1n) is 16.7. The van der Waals surface area contributed by atoms with Crippen LogP contribution in [-0.2, 0) is 18.9 Å². The van der Waals surface area contributed by atoms with E-state index >= 15 is 0 Å². The van der Waals surface area contributed by atoms with E-state index in [1.807, 2.05) is 0 Å². The Morgan fingerprint density at radius 3 is 0.821 bits per heavy atom. The molecule has 0 aromatic heterocycles. The first-order valence-corrected chi connectivity index (χ1v) is 16.7. The summed E-state index contributed by atoms with van der Waals surface area (Å²) in [4.78, 5) is 54.1. The third-order valence-corrected chi connectivity index (χ3v) is 8.17. The van der Waals surface area contributed by atoms with Crippen LogP contribution in [0.1, 0.15) is 41.4 Å². The van der Waals surface area contributed by atoms with Gasteiger partial charge in [0, 0.05) is 0 Å². The van der Waals surface area contributed by atoms with Crippen LogP contribution in [-0.4, -0.2) is 106 Å². The van der Waals surface area contributed by atoms with Gasteiger partial charge in [-0.15, -0.1) is 0 Å². The molecular weight excluding hydrogens is 736 g/mol. The Bertz CT molecular complexity index is 1870. The minimum atomic E-state index is -1.57. The van der Waals surface area contributed by atoms with Gasteiger partial charge in [-0.25, -0.2) is 19.2 Å². The molecule has 16 heteroatoms. The highest BCUT2D eigenvalue weighted by Crippen LogP contribution is 2.31. The normalized spacial score (nSPS) is 11.5. The van der Waals surface area contributed by atoms with E-state index in [0.29, 0.717) is 23.0 Å². The average molecular weight is 779 g/mol. The van der Waals surface area contributed by atoms with Crippen molar-refractivity contribution < 1.29 is 76.0 Å². The first kappa shape index (κ1) is 41.9. The maximum atomic E-state index is 13.7. The van der Waals surface area contributed by atoms with Crippen LogP contribution in [0, 0.1) is 0 Å². The van der Waals surface area contributed by atoms with E-state index in [1.54, 1.807) is 0 Å². The van der Waals surface area contributed by atoms with Crippen LogP contribution in [0.15, 0.2) is 72.8 Å². The van der Waals surface area contributed by atoms with E-state index in [0.717, 1.165) is 0 Å². The number of methoxy groups -OCH3 is 8. The maximum Gasteiger partial charge on any atom is 0.338 e. The zero-order valence-electron chi connectivity index (χ0n) is 32.0. The topological polar surface area (TPSA) is 179 Å². The molecule has 0 radical (unpaired) electrons. The molecular formula is C40H42O16. The van der Waals surface area contributed by atoms with Crippen molar-refractivity contribution in [3.63, 3.8) is 0 Å². The van der Waals surface area contributed by atoms with Gasteiger partial charge in [0.25, 0.3) is 0 Å². The second kappa shape index (κ2) is 20.0. The number of ether oxygens (including phenoxy) is 12. The number of carbonyl (C=O) groups is 4. The van der Waals surface area contributed by atoms with Crippen molar-refractivity contribution in [2.24, 2.45) is 0 Å². The summed E-state index contributed by atoms with van der Waals surface area (Å²) in [5.41, 5.74) is 0.134. The van der Waals surface area contributed by atoms with Crippen LogP contribution >= 0.6 is 0 Å². The van der Waals surface area contributed by atoms with Gasteiger partial charge >= 0.3 is 23.9 Å². The number of hydrogen-bond donors (Lipinski definition) is 0. The van der Waals surface area contributed by atoms with Crippen molar-refractivity contribution in [2.75, 3.05) is 70.1 Å². The number of hydrogen-bond acceptors (Lipinski definition) is 16. The molecule has 16 nitrogen and oxygen atoms in total. The van der Waals surface area contributed by atoms with Crippen LogP contribution in [0.3, 0.4) is 0 Å². The Morgan fingerprint density at radius 2 is 0.589 bits per heavy atom. The van der Waals surface area contributed by atoms with Crippen molar-refractivity contribution >= 4 is 23.9 Å². The summed E-state index contributed by atoms with van der Waals surface area (Å²) in [6, 6.07) is 17.2. The quantitative estimate of drug-likeness (QED) is 0.0893. The van der Waals surface area contributed by atoms with Gasteiger partial charge in [0.15, 0.2) is 58.2 Å². The van der Waals surface area contributed by atoms with Gasteiger partial charge in [-0.2, -0.15) is 0 Å². The van der Waals surface area contributed by atoms with Crippen LogP contribution in [0.2, 0.25) is 0 Å². The molecule has 56 heavy (non-hydrogen) atoms. The first-order chi connectivity index (χ1) is 27.0. The summed E-state index contributed by atoms with van der Waals surface area (Å²) in [6.07, 6.45) is -3.14. The molecule has 0 saturated carbocycles. The van der Waals surface area contributed by atoms with Crippen LogP contribution in [0.4, 0.5) is 0 Å². The van der Waals surface area contributed by atoms with Crippen molar-refractivity contribution in [3.8, 4) is 46.0 Å². The lowest BCUT2D eigenvalue weighted by Gasteiger charge is -2.27. The fourth-order valence-electron chi connectivity index (χ4n) is 5.18. The number of rotatable bonds is 19. The molecule has 0 bridgehead atoms. The fourth-order valence-corrected chi connectivity index (χ4v) is 5.18. The molecule has 0 fully saturated rings. The maximum absolute atomic E-state index is 13.7. The van der Waals surface area contributed by atoms with E-state index in [2.05, 4.69) is 0 Å². The number of benzene rings is 4. The van der Waals surface area contributed by atoms with Gasteiger partial charge < -0.3 is 56.8 Å². The van der Waals surface area contributed by atoms with E-state index in [9.17, 15) is 19.2 Å². The lowest BCUT2D eigenvalue weighted by molar-refractivity contribution is -0.0753. The highest BCUT2D eigenvalue weighted by atomic mass is 16.6. The van der Waals surface area contributed by atoms with Gasteiger partial charge in [0.2, 0.25) is 0 Å². The summed E-state index contributed by atoms with van der Waals surface area (Å²) in [7, 11) is 11.3. The zero-order chi connectivity index (χ0) is 40.8. The van der Waals surface area contributed by atoms with Gasteiger partial charge in [0.05, 0.1) is 79.1 Å². The Morgan fingerprint density at radius 1 is 0.357 bits per heavy atom.